The molecule has 3 aromatic rings. The number of aromatic amines is 1. The maximum atomic E-state index is 13.0. The molecule has 0 saturated carbocycles. The van der Waals surface area contributed by atoms with Crippen molar-refractivity contribution in [3.63, 3.8) is 0 Å². The molecule has 4 rings (SSSR count). The average Bonchev–Trinajstić information content (AvgIpc) is 3.17. The van der Waals surface area contributed by atoms with E-state index in [0.717, 1.165) is 52.4 Å². The Morgan fingerprint density at radius 1 is 1.29 bits per heavy atom. The fourth-order valence-corrected chi connectivity index (χ4v) is 5.49. The lowest BCUT2D eigenvalue weighted by molar-refractivity contribution is 0.0714. The Labute approximate surface area is 170 Å². The van der Waals surface area contributed by atoms with Gasteiger partial charge >= 0.3 is 0 Å². The van der Waals surface area contributed by atoms with Crippen LogP contribution in [0.5, 0.6) is 0 Å². The topological polar surface area (TPSA) is 75.0 Å². The number of pyridine rings is 1. The molecule has 3 N–H and O–H groups in total. The number of nitrogens with one attached hydrogen (secondary N) is 1. The highest BCUT2D eigenvalue weighted by Crippen LogP contribution is 2.40. The molecular weight excluding hydrogens is 368 g/mol. The van der Waals surface area contributed by atoms with E-state index in [1.165, 1.54) is 10.3 Å². The number of hydrogen-bond donors (Lipinski definition) is 2. The molecule has 0 aliphatic carbocycles. The minimum atomic E-state index is 0.0959. The Hall–Kier alpha value is -2.18. The van der Waals surface area contributed by atoms with Crippen molar-refractivity contribution in [1.82, 2.24) is 14.9 Å². The summed E-state index contributed by atoms with van der Waals surface area (Å²) in [4.78, 5) is 23.8. The number of hydrogen-bond acceptors (Lipinski definition) is 4. The van der Waals surface area contributed by atoms with Gasteiger partial charge in [-0.25, -0.2) is 0 Å². The number of aryl methyl sites for hydroxylation is 2. The first-order chi connectivity index (χ1) is 13.3. The van der Waals surface area contributed by atoms with Crippen LogP contribution in [0.25, 0.3) is 21.5 Å². The molecule has 1 aliphatic rings. The van der Waals surface area contributed by atoms with Gasteiger partial charge in [-0.05, 0) is 56.4 Å². The van der Waals surface area contributed by atoms with Crippen LogP contribution < -0.4 is 5.73 Å². The molecule has 1 amide bonds. The Morgan fingerprint density at radius 2 is 2.00 bits per heavy atom. The highest BCUT2D eigenvalue weighted by atomic mass is 32.1. The first-order valence-electron chi connectivity index (χ1n) is 9.99. The molecule has 5 nitrogen and oxygen atoms in total. The van der Waals surface area contributed by atoms with Crippen molar-refractivity contribution < 1.29 is 4.79 Å². The van der Waals surface area contributed by atoms with Gasteiger partial charge in [0.2, 0.25) is 0 Å². The number of fused-ring (bicyclic) bond motifs is 1. The number of amides is 1. The number of H-pyrrole nitrogens is 1. The third-order valence-corrected chi connectivity index (χ3v) is 6.57. The highest BCUT2D eigenvalue weighted by molar-refractivity contribution is 7.21. The Kier molecular flexibility index (Phi) is 5.02. The summed E-state index contributed by atoms with van der Waals surface area (Å²) in [5.41, 5.74) is 12.7. The maximum Gasteiger partial charge on any atom is 0.264 e. The molecule has 3 aromatic heterocycles. The van der Waals surface area contributed by atoms with E-state index in [0.29, 0.717) is 12.5 Å². The molecule has 0 aromatic carbocycles. The van der Waals surface area contributed by atoms with E-state index >= 15 is 0 Å². The lowest BCUT2D eigenvalue weighted by atomic mass is 9.99. The Morgan fingerprint density at radius 3 is 2.64 bits per heavy atom. The summed E-state index contributed by atoms with van der Waals surface area (Å²) in [5.74, 6) is 0.458. The van der Waals surface area contributed by atoms with Crippen LogP contribution in [-0.2, 0) is 0 Å². The van der Waals surface area contributed by atoms with Crippen molar-refractivity contribution >= 4 is 27.5 Å². The van der Waals surface area contributed by atoms with Gasteiger partial charge in [-0.3, -0.25) is 9.78 Å². The van der Waals surface area contributed by atoms with E-state index in [2.05, 4.69) is 35.9 Å². The number of likely N-dealkylation sites (tertiary alicyclic amines) is 1. The van der Waals surface area contributed by atoms with E-state index in [1.807, 2.05) is 24.8 Å². The van der Waals surface area contributed by atoms with Crippen LogP contribution in [0.3, 0.4) is 0 Å². The van der Waals surface area contributed by atoms with Gasteiger partial charge in [0.25, 0.3) is 5.91 Å². The SMILES string of the molecule is Cc1cc(-c2[nH]c3cc(C(=O)N4CCC[C@H](N)C4)sc3c2C(C)C)cc(C)n1. The second-order valence-electron chi connectivity index (χ2n) is 8.21. The van der Waals surface area contributed by atoms with Crippen molar-refractivity contribution in [1.29, 1.82) is 0 Å². The van der Waals surface area contributed by atoms with E-state index in [4.69, 9.17) is 5.73 Å². The highest BCUT2D eigenvalue weighted by Gasteiger charge is 2.26. The summed E-state index contributed by atoms with van der Waals surface area (Å²) in [6.07, 6.45) is 1.99. The normalized spacial score (nSPS) is 17.6. The third kappa shape index (κ3) is 3.47. The van der Waals surface area contributed by atoms with E-state index in [-0.39, 0.29) is 11.9 Å². The molecule has 4 heterocycles. The fraction of sp³-hybridized carbons (Fsp3) is 0.455. The maximum absolute atomic E-state index is 13.0. The summed E-state index contributed by atoms with van der Waals surface area (Å²) in [5, 5.41) is 0. The predicted molar refractivity (Wildman–Crippen MR) is 116 cm³/mol. The van der Waals surface area contributed by atoms with Gasteiger partial charge in [-0.2, -0.15) is 0 Å². The number of piperidine rings is 1. The quantitative estimate of drug-likeness (QED) is 0.680. The molecule has 0 radical (unpaired) electrons. The van der Waals surface area contributed by atoms with Crippen LogP contribution in [0.15, 0.2) is 18.2 Å². The van der Waals surface area contributed by atoms with Crippen LogP contribution in [0.2, 0.25) is 0 Å². The predicted octanol–water partition coefficient (Wildman–Crippen LogP) is 4.59. The summed E-state index contributed by atoms with van der Waals surface area (Å²) in [6, 6.07) is 6.35. The third-order valence-electron chi connectivity index (χ3n) is 5.41. The standard InChI is InChI=1S/C22H28N4OS/c1-12(2)19-20(15-8-13(3)24-14(4)9-15)25-17-10-18(28-21(17)19)22(27)26-7-5-6-16(23)11-26/h8-10,12,16,25H,5-7,11,23H2,1-4H3/t16-/m0/s1. The van der Waals surface area contributed by atoms with Gasteiger partial charge in [0.1, 0.15) is 0 Å². The smallest absolute Gasteiger partial charge is 0.264 e. The first-order valence-corrected chi connectivity index (χ1v) is 10.8. The number of carbonyl (C=O) groups excluding carboxylic acids is 1. The van der Waals surface area contributed by atoms with Crippen LogP contribution in [-0.4, -0.2) is 39.9 Å². The van der Waals surface area contributed by atoms with Gasteiger partial charge in [0.05, 0.1) is 20.8 Å². The molecule has 1 atom stereocenters. The van der Waals surface area contributed by atoms with E-state index in [1.54, 1.807) is 11.3 Å². The Bertz CT molecular complexity index is 1010. The second kappa shape index (κ2) is 7.33. The van der Waals surface area contributed by atoms with Crippen molar-refractivity contribution in [3.8, 4) is 11.3 Å². The first kappa shape index (κ1) is 19.2. The number of rotatable bonds is 3. The second-order valence-corrected chi connectivity index (χ2v) is 9.27. The zero-order chi connectivity index (χ0) is 20.0. The minimum absolute atomic E-state index is 0.0959. The van der Waals surface area contributed by atoms with Crippen molar-refractivity contribution in [2.24, 2.45) is 5.73 Å². The number of nitrogens with zero attached hydrogens (tertiary/aromatic N) is 2. The van der Waals surface area contributed by atoms with Gasteiger partial charge in [0, 0.05) is 36.1 Å². The summed E-state index contributed by atoms with van der Waals surface area (Å²) < 4.78 is 1.18. The lowest BCUT2D eigenvalue weighted by Gasteiger charge is -2.30. The van der Waals surface area contributed by atoms with E-state index in [9.17, 15) is 4.79 Å². The van der Waals surface area contributed by atoms with Gasteiger partial charge < -0.3 is 15.6 Å². The molecule has 0 unspecified atom stereocenters. The summed E-state index contributed by atoms with van der Waals surface area (Å²) >= 11 is 1.60. The molecule has 6 heteroatoms. The van der Waals surface area contributed by atoms with Crippen molar-refractivity contribution in [2.45, 2.75) is 52.5 Å². The molecule has 1 fully saturated rings. The molecule has 148 valence electrons. The van der Waals surface area contributed by atoms with Crippen molar-refractivity contribution in [2.75, 3.05) is 13.1 Å². The molecule has 0 bridgehead atoms. The fourth-order valence-electron chi connectivity index (χ4n) is 4.21. The molecule has 1 saturated heterocycles. The lowest BCUT2D eigenvalue weighted by Crippen LogP contribution is -2.45. The van der Waals surface area contributed by atoms with Crippen LogP contribution in [0.1, 0.15) is 59.2 Å². The summed E-state index contributed by atoms with van der Waals surface area (Å²) in [6.45, 7) is 9.92. The van der Waals surface area contributed by atoms with Crippen LogP contribution in [0.4, 0.5) is 0 Å². The Balaban J connectivity index is 1.76. The molecule has 1 aliphatic heterocycles. The zero-order valence-corrected chi connectivity index (χ0v) is 17.8. The van der Waals surface area contributed by atoms with E-state index < -0.39 is 0 Å². The number of thiophene rings is 1. The average molecular weight is 397 g/mol. The zero-order valence-electron chi connectivity index (χ0n) is 17.0. The van der Waals surface area contributed by atoms with Gasteiger partial charge in [-0.1, -0.05) is 13.8 Å². The minimum Gasteiger partial charge on any atom is -0.354 e. The monoisotopic (exact) mass is 396 g/mol. The van der Waals surface area contributed by atoms with Crippen LogP contribution >= 0.6 is 11.3 Å². The van der Waals surface area contributed by atoms with Gasteiger partial charge in [-0.15, -0.1) is 11.3 Å². The van der Waals surface area contributed by atoms with Crippen LogP contribution in [0, 0.1) is 13.8 Å². The van der Waals surface area contributed by atoms with Crippen molar-refractivity contribution in [3.05, 3.63) is 40.0 Å². The van der Waals surface area contributed by atoms with Gasteiger partial charge in [0.15, 0.2) is 0 Å². The number of carbonyl (C=O) groups is 1. The molecule has 28 heavy (non-hydrogen) atoms. The molecular formula is C22H28N4OS. The number of aromatic nitrogens is 2. The summed E-state index contributed by atoms with van der Waals surface area (Å²) in [7, 11) is 0. The largest absolute Gasteiger partial charge is 0.354 e. The number of nitrogens with two attached hydrogens (primary N) is 1. The molecule has 0 spiro atoms.